The van der Waals surface area contributed by atoms with Crippen molar-refractivity contribution in [1.82, 2.24) is 25.1 Å². The normalized spacial score (nSPS) is 12.0. The summed E-state index contributed by atoms with van der Waals surface area (Å²) in [6.07, 6.45) is 6.18. The number of primary amides is 1. The molecule has 10 nitrogen and oxygen atoms in total. The van der Waals surface area contributed by atoms with Gasteiger partial charge in [0.2, 0.25) is 5.78 Å². The first-order valence-electron chi connectivity index (χ1n) is 8.68. The Morgan fingerprint density at radius 1 is 1.21 bits per heavy atom. The zero-order chi connectivity index (χ0) is 20.4. The second-order valence-electron chi connectivity index (χ2n) is 6.25. The van der Waals surface area contributed by atoms with Crippen molar-refractivity contribution >= 4 is 28.7 Å². The van der Waals surface area contributed by atoms with Crippen LogP contribution in [0.25, 0.3) is 16.9 Å². The SMILES string of the molecule is NC(=O)C(=O)C(Cc1coc2cc[nH]c12)NC(=O)c1ccnn1-c1ccccn1. The van der Waals surface area contributed by atoms with Crippen molar-refractivity contribution in [3.8, 4) is 5.82 Å². The molecular weight excluding hydrogens is 376 g/mol. The molecule has 4 N–H and O–H groups in total. The molecular formula is C19H16N6O4. The number of hydrogen-bond donors (Lipinski definition) is 3. The molecule has 4 heterocycles. The summed E-state index contributed by atoms with van der Waals surface area (Å²) < 4.78 is 6.73. The zero-order valence-corrected chi connectivity index (χ0v) is 15.0. The van der Waals surface area contributed by atoms with Crippen LogP contribution < -0.4 is 11.1 Å². The van der Waals surface area contributed by atoms with E-state index in [1.807, 2.05) is 0 Å². The number of nitrogens with one attached hydrogen (secondary N) is 2. The van der Waals surface area contributed by atoms with E-state index in [2.05, 4.69) is 20.4 Å². The van der Waals surface area contributed by atoms with Gasteiger partial charge in [0, 0.05) is 24.4 Å². The van der Waals surface area contributed by atoms with E-state index in [1.54, 1.807) is 36.7 Å². The van der Waals surface area contributed by atoms with E-state index < -0.39 is 23.6 Å². The topological polar surface area (TPSA) is 149 Å². The minimum Gasteiger partial charge on any atom is -0.462 e. The van der Waals surface area contributed by atoms with Gasteiger partial charge < -0.3 is 20.5 Å². The number of ketones is 1. The monoisotopic (exact) mass is 392 g/mol. The van der Waals surface area contributed by atoms with Crippen LogP contribution in [0.15, 0.2) is 59.6 Å². The van der Waals surface area contributed by atoms with Gasteiger partial charge in [-0.05, 0) is 24.3 Å². The number of nitrogens with two attached hydrogens (primary N) is 1. The molecule has 2 amide bonds. The molecule has 4 aromatic rings. The summed E-state index contributed by atoms with van der Waals surface area (Å²) in [4.78, 5) is 43.8. The molecule has 29 heavy (non-hydrogen) atoms. The van der Waals surface area contributed by atoms with Crippen LogP contribution in [0.1, 0.15) is 16.1 Å². The summed E-state index contributed by atoms with van der Waals surface area (Å²) in [6.45, 7) is 0. The molecule has 0 saturated heterocycles. The number of rotatable bonds is 7. The van der Waals surface area contributed by atoms with Crippen molar-refractivity contribution < 1.29 is 18.8 Å². The van der Waals surface area contributed by atoms with Gasteiger partial charge >= 0.3 is 0 Å². The van der Waals surface area contributed by atoms with Crippen LogP contribution in [-0.2, 0) is 16.0 Å². The fraction of sp³-hybridized carbons (Fsp3) is 0.105. The van der Waals surface area contributed by atoms with E-state index >= 15 is 0 Å². The molecule has 0 fully saturated rings. The van der Waals surface area contributed by atoms with Crippen LogP contribution in [0.4, 0.5) is 0 Å². The zero-order valence-electron chi connectivity index (χ0n) is 15.0. The number of aromatic nitrogens is 4. The van der Waals surface area contributed by atoms with Crippen molar-refractivity contribution in [3.05, 3.63) is 66.4 Å². The minimum absolute atomic E-state index is 0.0265. The second-order valence-corrected chi connectivity index (χ2v) is 6.25. The molecule has 4 aromatic heterocycles. The van der Waals surface area contributed by atoms with E-state index in [0.717, 1.165) is 0 Å². The van der Waals surface area contributed by atoms with Crippen molar-refractivity contribution in [2.45, 2.75) is 12.5 Å². The highest BCUT2D eigenvalue weighted by atomic mass is 16.3. The molecule has 0 spiro atoms. The number of amides is 2. The molecule has 146 valence electrons. The Bertz CT molecular complexity index is 1190. The Labute approximate surface area is 163 Å². The highest BCUT2D eigenvalue weighted by molar-refractivity contribution is 6.38. The van der Waals surface area contributed by atoms with Crippen molar-refractivity contribution in [1.29, 1.82) is 0 Å². The Morgan fingerprint density at radius 2 is 2.07 bits per heavy atom. The van der Waals surface area contributed by atoms with Gasteiger partial charge in [0.15, 0.2) is 11.4 Å². The van der Waals surface area contributed by atoms with Crippen molar-refractivity contribution in [3.63, 3.8) is 0 Å². The molecule has 0 aliphatic rings. The maximum atomic E-state index is 12.8. The van der Waals surface area contributed by atoms with E-state index in [-0.39, 0.29) is 12.1 Å². The summed E-state index contributed by atoms with van der Waals surface area (Å²) in [5.41, 5.74) is 7.24. The Balaban J connectivity index is 1.61. The number of nitrogens with zero attached hydrogens (tertiary/aromatic N) is 3. The lowest BCUT2D eigenvalue weighted by Gasteiger charge is -2.16. The van der Waals surface area contributed by atoms with Gasteiger partial charge in [0.1, 0.15) is 11.7 Å². The van der Waals surface area contributed by atoms with Crippen LogP contribution in [0, 0.1) is 0 Å². The van der Waals surface area contributed by atoms with Crippen LogP contribution in [0.3, 0.4) is 0 Å². The Kier molecular flexibility index (Phi) is 4.65. The van der Waals surface area contributed by atoms with Gasteiger partial charge in [0.05, 0.1) is 18.0 Å². The lowest BCUT2D eigenvalue weighted by molar-refractivity contribution is -0.137. The van der Waals surface area contributed by atoms with Gasteiger partial charge in [0.25, 0.3) is 11.8 Å². The first kappa shape index (κ1) is 18.2. The van der Waals surface area contributed by atoms with Crippen LogP contribution >= 0.6 is 0 Å². The molecule has 10 heteroatoms. The fourth-order valence-corrected chi connectivity index (χ4v) is 3.02. The summed E-state index contributed by atoms with van der Waals surface area (Å²) in [5, 5.41) is 6.67. The average molecular weight is 392 g/mol. The number of furan rings is 1. The van der Waals surface area contributed by atoms with Crippen LogP contribution in [0.5, 0.6) is 0 Å². The molecule has 0 aliphatic carbocycles. The molecule has 0 aromatic carbocycles. The van der Waals surface area contributed by atoms with E-state index in [4.69, 9.17) is 10.2 Å². The third-order valence-corrected chi connectivity index (χ3v) is 4.39. The first-order valence-corrected chi connectivity index (χ1v) is 8.68. The van der Waals surface area contributed by atoms with Crippen molar-refractivity contribution in [2.24, 2.45) is 5.73 Å². The Hall–Kier alpha value is -4.21. The summed E-state index contributed by atoms with van der Waals surface area (Å²) in [6, 6.07) is 7.22. The lowest BCUT2D eigenvalue weighted by atomic mass is 10.0. The summed E-state index contributed by atoms with van der Waals surface area (Å²) in [5.74, 6) is -2.22. The fourth-order valence-electron chi connectivity index (χ4n) is 3.02. The predicted molar refractivity (Wildman–Crippen MR) is 101 cm³/mol. The first-order chi connectivity index (χ1) is 14.0. The van der Waals surface area contributed by atoms with E-state index in [9.17, 15) is 14.4 Å². The predicted octanol–water partition coefficient (Wildman–Crippen LogP) is 0.737. The third kappa shape index (κ3) is 3.50. The maximum Gasteiger partial charge on any atom is 0.287 e. The molecule has 0 aliphatic heterocycles. The molecule has 1 unspecified atom stereocenters. The number of Topliss-reactive ketones (excluding diaryl/α,β-unsaturated/α-hetero) is 1. The van der Waals surface area contributed by atoms with E-state index in [1.165, 1.54) is 23.2 Å². The van der Waals surface area contributed by atoms with Crippen LogP contribution in [0.2, 0.25) is 0 Å². The number of carbonyl (C=O) groups excluding carboxylic acids is 3. The smallest absolute Gasteiger partial charge is 0.287 e. The molecule has 0 radical (unpaired) electrons. The second kappa shape index (κ2) is 7.43. The minimum atomic E-state index is -1.17. The van der Waals surface area contributed by atoms with Gasteiger partial charge in [-0.1, -0.05) is 6.07 Å². The van der Waals surface area contributed by atoms with Gasteiger partial charge in [-0.25, -0.2) is 9.67 Å². The standard InChI is InChI=1S/C19H16N6O4/c20-18(27)17(26)12(9-11-10-29-14-5-7-22-16(11)14)24-19(28)13-4-8-23-25(13)15-3-1-2-6-21-15/h1-8,10,12,22H,9H2,(H2,20,27)(H,24,28). The van der Waals surface area contributed by atoms with Crippen molar-refractivity contribution in [2.75, 3.05) is 0 Å². The lowest BCUT2D eigenvalue weighted by Crippen LogP contribution is -2.47. The van der Waals surface area contributed by atoms with E-state index in [0.29, 0.717) is 22.5 Å². The molecule has 0 saturated carbocycles. The highest BCUT2D eigenvalue weighted by Crippen LogP contribution is 2.21. The van der Waals surface area contributed by atoms with Gasteiger partial charge in [-0.3, -0.25) is 14.4 Å². The summed E-state index contributed by atoms with van der Waals surface area (Å²) in [7, 11) is 0. The highest BCUT2D eigenvalue weighted by Gasteiger charge is 2.28. The number of pyridine rings is 1. The Morgan fingerprint density at radius 3 is 2.83 bits per heavy atom. The third-order valence-electron chi connectivity index (χ3n) is 4.39. The number of carbonyl (C=O) groups is 3. The molecule has 0 bridgehead atoms. The average Bonchev–Trinajstić information content (AvgIpc) is 3.45. The maximum absolute atomic E-state index is 12.8. The number of aromatic amines is 1. The number of hydrogen-bond acceptors (Lipinski definition) is 6. The quantitative estimate of drug-likeness (QED) is 0.395. The summed E-state index contributed by atoms with van der Waals surface area (Å²) >= 11 is 0. The molecule has 1 atom stereocenters. The molecule has 4 rings (SSSR count). The van der Waals surface area contributed by atoms with Gasteiger partial charge in [-0.2, -0.15) is 5.10 Å². The number of fused-ring (bicyclic) bond motifs is 1. The largest absolute Gasteiger partial charge is 0.462 e. The van der Waals surface area contributed by atoms with Gasteiger partial charge in [-0.15, -0.1) is 0 Å². The number of H-pyrrole nitrogens is 1. The van der Waals surface area contributed by atoms with Crippen LogP contribution in [-0.4, -0.2) is 43.4 Å².